The monoisotopic (exact) mass is 277 g/mol. The third-order valence-electron chi connectivity index (χ3n) is 2.37. The number of carbonyl (C=O) groups excluding carboxylic acids is 1. The zero-order valence-corrected chi connectivity index (χ0v) is 9.88. The molecule has 0 radical (unpaired) electrons. The normalized spacial score (nSPS) is 10.1. The first-order valence-corrected chi connectivity index (χ1v) is 5.37. The van der Waals surface area contributed by atoms with E-state index in [1.54, 1.807) is 0 Å². The van der Waals surface area contributed by atoms with Crippen molar-refractivity contribution < 1.29 is 19.1 Å². The number of carboxylic acids is 1. The van der Waals surface area contributed by atoms with Crippen molar-refractivity contribution in [2.45, 2.75) is 0 Å². The maximum absolute atomic E-state index is 13.1. The number of nitrogens with zero attached hydrogens (tertiary/aromatic N) is 1. The van der Waals surface area contributed by atoms with Crippen molar-refractivity contribution in [1.29, 1.82) is 0 Å². The van der Waals surface area contributed by atoms with Gasteiger partial charge in [-0.1, -0.05) is 0 Å². The van der Waals surface area contributed by atoms with Crippen molar-refractivity contribution in [3.05, 3.63) is 57.8 Å². The summed E-state index contributed by atoms with van der Waals surface area (Å²) in [4.78, 5) is 33.6. The number of aromatic amines is 1. The standard InChI is InChI=1S/C12H8FN3O4/c13-6-1-2-7(12(19)20)9(5-6)14-11(18)8-3-4-10(17)16-15-8/h1-5H,(H,14,18)(H,16,17)(H,19,20). The predicted octanol–water partition coefficient (Wildman–Crippen LogP) is 0.859. The molecule has 1 aromatic carbocycles. The molecule has 0 aliphatic heterocycles. The highest BCUT2D eigenvalue weighted by Gasteiger charge is 2.15. The largest absolute Gasteiger partial charge is 0.478 e. The molecule has 0 unspecified atom stereocenters. The molecule has 0 saturated heterocycles. The number of hydrogen-bond acceptors (Lipinski definition) is 4. The van der Waals surface area contributed by atoms with E-state index in [0.717, 1.165) is 30.3 Å². The first-order chi connectivity index (χ1) is 9.47. The fourth-order valence-electron chi connectivity index (χ4n) is 1.46. The first kappa shape index (κ1) is 13.4. The molecule has 7 nitrogen and oxygen atoms in total. The Morgan fingerprint density at radius 1 is 1.25 bits per heavy atom. The van der Waals surface area contributed by atoms with Gasteiger partial charge in [0, 0.05) is 6.07 Å². The van der Waals surface area contributed by atoms with Gasteiger partial charge < -0.3 is 10.4 Å². The van der Waals surface area contributed by atoms with Crippen molar-refractivity contribution >= 4 is 17.6 Å². The second-order valence-electron chi connectivity index (χ2n) is 3.76. The SMILES string of the molecule is O=C(Nc1cc(F)ccc1C(=O)O)c1ccc(=O)[nH]n1. The van der Waals surface area contributed by atoms with Gasteiger partial charge in [-0.3, -0.25) is 9.59 Å². The molecule has 0 aliphatic rings. The minimum atomic E-state index is -1.31. The molecule has 1 aromatic heterocycles. The maximum atomic E-state index is 13.1. The van der Waals surface area contributed by atoms with Gasteiger partial charge in [0.25, 0.3) is 11.5 Å². The van der Waals surface area contributed by atoms with Crippen LogP contribution in [0.5, 0.6) is 0 Å². The summed E-state index contributed by atoms with van der Waals surface area (Å²) in [5.74, 6) is -2.77. The highest BCUT2D eigenvalue weighted by molar-refractivity contribution is 6.06. The van der Waals surface area contributed by atoms with E-state index in [1.165, 1.54) is 0 Å². The Kier molecular flexibility index (Phi) is 3.56. The van der Waals surface area contributed by atoms with Crippen LogP contribution in [0.25, 0.3) is 0 Å². The van der Waals surface area contributed by atoms with Gasteiger partial charge in [-0.25, -0.2) is 14.3 Å². The quantitative estimate of drug-likeness (QED) is 0.770. The molecule has 2 aromatic rings. The van der Waals surface area contributed by atoms with E-state index in [4.69, 9.17) is 5.11 Å². The molecule has 0 saturated carbocycles. The number of H-pyrrole nitrogens is 1. The molecule has 0 fully saturated rings. The fourth-order valence-corrected chi connectivity index (χ4v) is 1.46. The molecule has 8 heteroatoms. The van der Waals surface area contributed by atoms with E-state index >= 15 is 0 Å². The van der Waals surface area contributed by atoms with Gasteiger partial charge >= 0.3 is 5.97 Å². The van der Waals surface area contributed by atoms with Gasteiger partial charge in [0.1, 0.15) is 11.5 Å². The first-order valence-electron chi connectivity index (χ1n) is 5.37. The zero-order chi connectivity index (χ0) is 14.7. The minimum absolute atomic E-state index is 0.134. The number of aromatic carboxylic acids is 1. The van der Waals surface area contributed by atoms with E-state index in [0.29, 0.717) is 0 Å². The highest BCUT2D eigenvalue weighted by atomic mass is 19.1. The van der Waals surface area contributed by atoms with Gasteiger partial charge in [-0.05, 0) is 24.3 Å². The molecule has 20 heavy (non-hydrogen) atoms. The van der Waals surface area contributed by atoms with Crippen molar-refractivity contribution in [3.63, 3.8) is 0 Å². The van der Waals surface area contributed by atoms with Crippen LogP contribution in [-0.4, -0.2) is 27.2 Å². The molecule has 1 heterocycles. The van der Waals surface area contributed by atoms with E-state index in [2.05, 4.69) is 15.5 Å². The number of benzene rings is 1. The molecule has 0 aliphatic carbocycles. The Morgan fingerprint density at radius 3 is 2.60 bits per heavy atom. The van der Waals surface area contributed by atoms with Gasteiger partial charge in [0.05, 0.1) is 11.3 Å². The van der Waals surface area contributed by atoms with Crippen molar-refractivity contribution in [2.75, 3.05) is 5.32 Å². The summed E-state index contributed by atoms with van der Waals surface area (Å²) in [6, 6.07) is 5.14. The summed E-state index contributed by atoms with van der Waals surface area (Å²) in [6.07, 6.45) is 0. The fraction of sp³-hybridized carbons (Fsp3) is 0. The average Bonchev–Trinajstić information content (AvgIpc) is 2.39. The van der Waals surface area contributed by atoms with Crippen LogP contribution in [0.3, 0.4) is 0 Å². The lowest BCUT2D eigenvalue weighted by Crippen LogP contribution is -2.19. The summed E-state index contributed by atoms with van der Waals surface area (Å²) in [5.41, 5.74) is -1.08. The van der Waals surface area contributed by atoms with Crippen molar-refractivity contribution in [1.82, 2.24) is 10.2 Å². The van der Waals surface area contributed by atoms with E-state index < -0.39 is 23.3 Å². The Morgan fingerprint density at radius 2 is 2.00 bits per heavy atom. The molecule has 0 spiro atoms. The van der Waals surface area contributed by atoms with Gasteiger partial charge in [-0.2, -0.15) is 5.10 Å². The van der Waals surface area contributed by atoms with E-state index in [-0.39, 0.29) is 16.9 Å². The average molecular weight is 277 g/mol. The number of nitrogens with one attached hydrogen (secondary N) is 2. The Bertz CT molecular complexity index is 721. The Hall–Kier alpha value is -3.03. The number of anilines is 1. The van der Waals surface area contributed by atoms with Gasteiger partial charge in [-0.15, -0.1) is 0 Å². The number of hydrogen-bond donors (Lipinski definition) is 3. The molecule has 102 valence electrons. The Labute approximate surface area is 111 Å². The molecule has 3 N–H and O–H groups in total. The van der Waals surface area contributed by atoms with Gasteiger partial charge in [0.15, 0.2) is 0 Å². The highest BCUT2D eigenvalue weighted by Crippen LogP contribution is 2.17. The second kappa shape index (κ2) is 5.31. The topological polar surface area (TPSA) is 112 Å². The summed E-state index contributed by atoms with van der Waals surface area (Å²) >= 11 is 0. The minimum Gasteiger partial charge on any atom is -0.478 e. The third-order valence-corrected chi connectivity index (χ3v) is 2.37. The van der Waals surface area contributed by atoms with Crippen LogP contribution in [0.4, 0.5) is 10.1 Å². The lowest BCUT2D eigenvalue weighted by Gasteiger charge is -2.07. The zero-order valence-electron chi connectivity index (χ0n) is 9.88. The Balaban J connectivity index is 2.32. The van der Waals surface area contributed by atoms with Crippen LogP contribution >= 0.6 is 0 Å². The molecular weight excluding hydrogens is 269 g/mol. The van der Waals surface area contributed by atoms with Crippen LogP contribution in [0, 0.1) is 5.82 Å². The van der Waals surface area contributed by atoms with Crippen molar-refractivity contribution in [2.24, 2.45) is 0 Å². The summed E-state index contributed by atoms with van der Waals surface area (Å²) in [7, 11) is 0. The van der Waals surface area contributed by atoms with E-state index in [9.17, 15) is 18.8 Å². The predicted molar refractivity (Wildman–Crippen MR) is 66.2 cm³/mol. The number of aromatic nitrogens is 2. The van der Waals surface area contributed by atoms with Crippen LogP contribution < -0.4 is 10.9 Å². The van der Waals surface area contributed by atoms with Crippen LogP contribution in [-0.2, 0) is 0 Å². The van der Waals surface area contributed by atoms with Gasteiger partial charge in [0.2, 0.25) is 0 Å². The summed E-state index contributed by atoms with van der Waals surface area (Å²) < 4.78 is 13.1. The van der Waals surface area contributed by atoms with Crippen LogP contribution in [0.2, 0.25) is 0 Å². The molecule has 1 amide bonds. The number of carbonyl (C=O) groups is 2. The number of rotatable bonds is 3. The van der Waals surface area contributed by atoms with Crippen LogP contribution in [0.15, 0.2) is 35.1 Å². The maximum Gasteiger partial charge on any atom is 0.337 e. The second-order valence-corrected chi connectivity index (χ2v) is 3.76. The molecule has 0 atom stereocenters. The lowest BCUT2D eigenvalue weighted by atomic mass is 10.1. The number of halogens is 1. The summed E-state index contributed by atoms with van der Waals surface area (Å²) in [5, 5.41) is 16.7. The molecule has 2 rings (SSSR count). The lowest BCUT2D eigenvalue weighted by molar-refractivity contribution is 0.0698. The number of carboxylic acid groups (broad SMARTS) is 1. The molecular formula is C12H8FN3O4. The molecule has 0 bridgehead atoms. The number of amides is 1. The smallest absolute Gasteiger partial charge is 0.337 e. The van der Waals surface area contributed by atoms with Crippen molar-refractivity contribution in [3.8, 4) is 0 Å². The summed E-state index contributed by atoms with van der Waals surface area (Å²) in [6.45, 7) is 0. The van der Waals surface area contributed by atoms with E-state index in [1.807, 2.05) is 0 Å². The van der Waals surface area contributed by atoms with Crippen LogP contribution in [0.1, 0.15) is 20.8 Å². The third kappa shape index (κ3) is 2.86.